The molecule has 0 aliphatic rings. The van der Waals surface area contributed by atoms with E-state index in [1.54, 1.807) is 33.9 Å². The number of carboxylic acids is 1. The second kappa shape index (κ2) is 6.61. The summed E-state index contributed by atoms with van der Waals surface area (Å²) in [6.07, 6.45) is 0.0880. The average Bonchev–Trinajstić information content (AvgIpc) is 2.34. The van der Waals surface area contributed by atoms with Crippen molar-refractivity contribution in [3.05, 3.63) is 29.3 Å². The Bertz CT molecular complexity index is 532. The van der Waals surface area contributed by atoms with Gasteiger partial charge >= 0.3 is 5.97 Å². The summed E-state index contributed by atoms with van der Waals surface area (Å²) >= 11 is 0. The van der Waals surface area contributed by atoms with Gasteiger partial charge in [-0.3, -0.25) is 4.79 Å². The predicted octanol–water partition coefficient (Wildman–Crippen LogP) is 2.16. The summed E-state index contributed by atoms with van der Waals surface area (Å²) in [5.74, 6) is -0.744. The van der Waals surface area contributed by atoms with Crippen molar-refractivity contribution in [1.82, 2.24) is 5.32 Å². The number of ether oxygens (including phenoxy) is 1. The van der Waals surface area contributed by atoms with Crippen molar-refractivity contribution in [1.29, 1.82) is 0 Å². The zero-order chi connectivity index (χ0) is 16.2. The van der Waals surface area contributed by atoms with E-state index in [9.17, 15) is 14.7 Å². The van der Waals surface area contributed by atoms with Gasteiger partial charge in [0.15, 0.2) is 0 Å². The number of hydrogen-bond donors (Lipinski definition) is 2. The summed E-state index contributed by atoms with van der Waals surface area (Å²) in [7, 11) is 1.54. The van der Waals surface area contributed by atoms with Gasteiger partial charge in [-0.15, -0.1) is 0 Å². The lowest BCUT2D eigenvalue weighted by Gasteiger charge is -2.27. The summed E-state index contributed by atoms with van der Waals surface area (Å²) in [6.45, 7) is 7.26. The lowest BCUT2D eigenvalue weighted by Crippen LogP contribution is -2.49. The van der Waals surface area contributed by atoms with E-state index in [2.05, 4.69) is 5.32 Å². The van der Waals surface area contributed by atoms with Crippen molar-refractivity contribution < 1.29 is 19.4 Å². The highest BCUT2D eigenvalue weighted by Crippen LogP contribution is 2.22. The molecule has 0 saturated carbocycles. The Morgan fingerprint density at radius 2 is 1.95 bits per heavy atom. The second-order valence-corrected chi connectivity index (χ2v) is 6.20. The van der Waals surface area contributed by atoms with Crippen molar-refractivity contribution in [2.24, 2.45) is 5.41 Å². The molecule has 1 aromatic rings. The van der Waals surface area contributed by atoms with Gasteiger partial charge in [0.1, 0.15) is 11.8 Å². The van der Waals surface area contributed by atoms with Gasteiger partial charge in [0, 0.05) is 5.56 Å². The van der Waals surface area contributed by atoms with Crippen LogP contribution < -0.4 is 10.1 Å². The van der Waals surface area contributed by atoms with Gasteiger partial charge in [0.2, 0.25) is 5.91 Å². The Kier molecular flexibility index (Phi) is 5.35. The Labute approximate surface area is 125 Å². The third-order valence-corrected chi connectivity index (χ3v) is 3.21. The molecule has 0 heterocycles. The Morgan fingerprint density at radius 1 is 1.33 bits per heavy atom. The highest BCUT2D eigenvalue weighted by Gasteiger charge is 2.32. The Hall–Kier alpha value is -2.04. The van der Waals surface area contributed by atoms with Crippen LogP contribution in [0.4, 0.5) is 0 Å². The molecule has 21 heavy (non-hydrogen) atoms. The van der Waals surface area contributed by atoms with Gasteiger partial charge in [-0.2, -0.15) is 0 Å². The monoisotopic (exact) mass is 293 g/mol. The van der Waals surface area contributed by atoms with Crippen LogP contribution in [0.25, 0.3) is 0 Å². The van der Waals surface area contributed by atoms with Crippen LogP contribution >= 0.6 is 0 Å². The second-order valence-electron chi connectivity index (χ2n) is 6.20. The van der Waals surface area contributed by atoms with Crippen LogP contribution in [0, 0.1) is 12.3 Å². The third-order valence-electron chi connectivity index (χ3n) is 3.21. The molecule has 1 amide bonds. The fourth-order valence-corrected chi connectivity index (χ4v) is 2.08. The lowest BCUT2D eigenvalue weighted by molar-refractivity contribution is -0.144. The minimum absolute atomic E-state index is 0.0880. The number of nitrogens with one attached hydrogen (secondary N) is 1. The van der Waals surface area contributed by atoms with E-state index in [0.717, 1.165) is 11.1 Å². The Balaban J connectivity index is 2.86. The molecule has 5 heteroatoms. The molecule has 0 aliphatic carbocycles. The van der Waals surface area contributed by atoms with E-state index in [0.29, 0.717) is 5.75 Å². The first-order valence-electron chi connectivity index (χ1n) is 6.81. The molecule has 1 aromatic carbocycles. The number of aryl methyl sites for hydroxylation is 1. The van der Waals surface area contributed by atoms with Crippen LogP contribution in [0.3, 0.4) is 0 Å². The molecule has 0 spiro atoms. The summed E-state index contributed by atoms with van der Waals surface area (Å²) in [6, 6.07) is 4.64. The average molecular weight is 293 g/mol. The molecular weight excluding hydrogens is 270 g/mol. The number of aliphatic carboxylic acids is 1. The molecule has 0 bridgehead atoms. The molecule has 0 radical (unpaired) electrons. The van der Waals surface area contributed by atoms with E-state index in [1.807, 2.05) is 19.1 Å². The fraction of sp³-hybridized carbons (Fsp3) is 0.500. The molecule has 0 aromatic heterocycles. The maximum Gasteiger partial charge on any atom is 0.326 e. The molecule has 0 fully saturated rings. The van der Waals surface area contributed by atoms with Gasteiger partial charge in [-0.1, -0.05) is 38.5 Å². The van der Waals surface area contributed by atoms with Crippen LogP contribution in [-0.4, -0.2) is 30.1 Å². The SMILES string of the molecule is COc1ccc(C)cc1CC(=O)N[C@@H](C(=O)O)C(C)(C)C. The van der Waals surface area contributed by atoms with Gasteiger partial charge < -0.3 is 15.2 Å². The number of methoxy groups -OCH3 is 1. The summed E-state index contributed by atoms with van der Waals surface area (Å²) in [5, 5.41) is 11.8. The molecule has 1 atom stereocenters. The molecule has 1 rings (SSSR count). The van der Waals surface area contributed by atoms with Gasteiger partial charge in [-0.25, -0.2) is 4.79 Å². The zero-order valence-electron chi connectivity index (χ0n) is 13.2. The van der Waals surface area contributed by atoms with E-state index < -0.39 is 17.4 Å². The number of carbonyl (C=O) groups is 2. The highest BCUT2D eigenvalue weighted by atomic mass is 16.5. The maximum atomic E-state index is 12.1. The van der Waals surface area contributed by atoms with Crippen LogP contribution in [0.2, 0.25) is 0 Å². The zero-order valence-corrected chi connectivity index (χ0v) is 13.2. The van der Waals surface area contributed by atoms with Crippen molar-refractivity contribution >= 4 is 11.9 Å². The molecule has 0 unspecified atom stereocenters. The minimum Gasteiger partial charge on any atom is -0.496 e. The van der Waals surface area contributed by atoms with Crippen molar-refractivity contribution in [3.63, 3.8) is 0 Å². The number of benzene rings is 1. The van der Waals surface area contributed by atoms with Crippen molar-refractivity contribution in [3.8, 4) is 5.75 Å². The molecule has 0 saturated heterocycles. The van der Waals surface area contributed by atoms with Gasteiger partial charge in [0.05, 0.1) is 13.5 Å². The van der Waals surface area contributed by atoms with E-state index in [4.69, 9.17) is 4.74 Å². The van der Waals surface area contributed by atoms with Crippen LogP contribution in [0.15, 0.2) is 18.2 Å². The predicted molar refractivity (Wildman–Crippen MR) is 80.5 cm³/mol. The lowest BCUT2D eigenvalue weighted by atomic mass is 9.86. The summed E-state index contributed by atoms with van der Waals surface area (Å²) in [5.41, 5.74) is 1.20. The van der Waals surface area contributed by atoms with E-state index >= 15 is 0 Å². The van der Waals surface area contributed by atoms with E-state index in [1.165, 1.54) is 0 Å². The standard InChI is InChI=1S/C16H23NO4/c1-10-6-7-12(21-5)11(8-10)9-13(18)17-14(15(19)20)16(2,3)4/h6-8,14H,9H2,1-5H3,(H,17,18)(H,19,20)/t14-/m0/s1. The molecular formula is C16H23NO4. The first-order chi connectivity index (χ1) is 9.65. The van der Waals surface area contributed by atoms with Crippen molar-refractivity contribution in [2.45, 2.75) is 40.2 Å². The number of carbonyl (C=O) groups excluding carboxylic acids is 1. The fourth-order valence-electron chi connectivity index (χ4n) is 2.08. The summed E-state index contributed by atoms with van der Waals surface area (Å²) < 4.78 is 5.22. The molecule has 0 aliphatic heterocycles. The third kappa shape index (κ3) is 4.77. The maximum absolute atomic E-state index is 12.1. The van der Waals surface area contributed by atoms with Gasteiger partial charge in [-0.05, 0) is 18.4 Å². The van der Waals surface area contributed by atoms with Crippen LogP contribution in [-0.2, 0) is 16.0 Å². The number of amides is 1. The minimum atomic E-state index is -1.04. The van der Waals surface area contributed by atoms with Crippen molar-refractivity contribution in [2.75, 3.05) is 7.11 Å². The first-order valence-corrected chi connectivity index (χ1v) is 6.81. The normalized spacial score (nSPS) is 12.6. The topological polar surface area (TPSA) is 75.6 Å². The van der Waals surface area contributed by atoms with Crippen LogP contribution in [0.5, 0.6) is 5.75 Å². The molecule has 116 valence electrons. The number of carboxylic acid groups (broad SMARTS) is 1. The highest BCUT2D eigenvalue weighted by molar-refractivity contribution is 5.85. The molecule has 5 nitrogen and oxygen atoms in total. The van der Waals surface area contributed by atoms with E-state index in [-0.39, 0.29) is 12.3 Å². The van der Waals surface area contributed by atoms with Crippen LogP contribution in [0.1, 0.15) is 31.9 Å². The smallest absolute Gasteiger partial charge is 0.326 e. The first kappa shape index (κ1) is 17.0. The number of rotatable bonds is 5. The largest absolute Gasteiger partial charge is 0.496 e. The number of hydrogen-bond acceptors (Lipinski definition) is 3. The Morgan fingerprint density at radius 3 is 2.43 bits per heavy atom. The van der Waals surface area contributed by atoms with Gasteiger partial charge in [0.25, 0.3) is 0 Å². The quantitative estimate of drug-likeness (QED) is 0.872. The molecule has 2 N–H and O–H groups in total. The summed E-state index contributed by atoms with van der Waals surface area (Å²) in [4.78, 5) is 23.4.